The Kier molecular flexibility index (Phi) is 11.8. The van der Waals surface area contributed by atoms with Crippen molar-refractivity contribution in [1.29, 1.82) is 0 Å². The zero-order valence-electron chi connectivity index (χ0n) is 33.3. The van der Waals surface area contributed by atoms with Crippen LogP contribution in [0.25, 0.3) is 38.8 Å². The number of hydrogen-bond acceptors (Lipinski definition) is 11. The summed E-state index contributed by atoms with van der Waals surface area (Å²) in [4.78, 5) is 15.6. The first kappa shape index (κ1) is 39.5. The number of nitrogens with one attached hydrogen (secondary N) is 2. The average Bonchev–Trinajstić information content (AvgIpc) is 3.69. The number of aliphatic hydroxyl groups excluding tert-OH is 1. The molecule has 2 unspecified atom stereocenters. The summed E-state index contributed by atoms with van der Waals surface area (Å²) >= 11 is 0. The molecule has 4 heterocycles. The molecule has 12 nitrogen and oxygen atoms in total. The normalized spacial score (nSPS) is 17.7. The van der Waals surface area contributed by atoms with E-state index in [1.807, 2.05) is 72.4 Å². The lowest BCUT2D eigenvalue weighted by Gasteiger charge is -2.31. The van der Waals surface area contributed by atoms with Gasteiger partial charge in [0.25, 0.3) is 6.43 Å². The second-order valence-corrected chi connectivity index (χ2v) is 15.3. The van der Waals surface area contributed by atoms with Gasteiger partial charge in [-0.15, -0.1) is 0 Å². The van der Waals surface area contributed by atoms with Crippen LogP contribution in [0, 0.1) is 6.92 Å². The summed E-state index contributed by atoms with van der Waals surface area (Å²) < 4.78 is 47.4. The quantitative estimate of drug-likeness (QED) is 0.105. The van der Waals surface area contributed by atoms with Gasteiger partial charge in [-0.05, 0) is 73.7 Å². The largest absolute Gasteiger partial charge is 0.496 e. The molecule has 14 heteroatoms. The van der Waals surface area contributed by atoms with Gasteiger partial charge in [-0.25, -0.2) is 23.4 Å². The predicted molar refractivity (Wildman–Crippen MR) is 220 cm³/mol. The van der Waals surface area contributed by atoms with Gasteiger partial charge in [-0.1, -0.05) is 43.5 Å². The number of aromatic nitrogens is 5. The van der Waals surface area contributed by atoms with E-state index in [2.05, 4.69) is 32.5 Å². The van der Waals surface area contributed by atoms with Gasteiger partial charge in [-0.3, -0.25) is 9.88 Å². The van der Waals surface area contributed by atoms with E-state index in [1.54, 1.807) is 20.4 Å². The highest BCUT2D eigenvalue weighted by atomic mass is 19.3. The molecule has 2 fully saturated rings. The molecule has 0 amide bonds. The molecule has 0 spiro atoms. The molecule has 1 saturated heterocycles. The van der Waals surface area contributed by atoms with E-state index in [-0.39, 0.29) is 11.9 Å². The third-order valence-corrected chi connectivity index (χ3v) is 11.6. The minimum Gasteiger partial charge on any atom is -0.496 e. The van der Waals surface area contributed by atoms with Gasteiger partial charge in [0, 0.05) is 61.2 Å². The van der Waals surface area contributed by atoms with Crippen LogP contribution in [-0.2, 0) is 17.8 Å². The Morgan fingerprint density at radius 3 is 2.47 bits per heavy atom. The van der Waals surface area contributed by atoms with Crippen LogP contribution < -0.4 is 20.1 Å². The van der Waals surface area contributed by atoms with Crippen LogP contribution in [-0.4, -0.2) is 87.4 Å². The van der Waals surface area contributed by atoms with E-state index in [4.69, 9.17) is 24.3 Å². The van der Waals surface area contributed by atoms with Gasteiger partial charge in [0.2, 0.25) is 0 Å². The number of methoxy groups -OCH3 is 2. The van der Waals surface area contributed by atoms with Crippen molar-refractivity contribution >= 4 is 33.4 Å². The number of fused-ring (bicyclic) bond motifs is 2. The lowest BCUT2D eigenvalue weighted by molar-refractivity contribution is -0.0281. The average molecular weight is 793 g/mol. The maximum atomic E-state index is 14.2. The fourth-order valence-electron chi connectivity index (χ4n) is 8.43. The predicted octanol–water partition coefficient (Wildman–Crippen LogP) is 8.04. The minimum absolute atomic E-state index is 0.100. The summed E-state index contributed by atoms with van der Waals surface area (Å²) in [6.07, 6.45) is 6.98. The van der Waals surface area contributed by atoms with E-state index in [1.165, 1.54) is 32.1 Å². The van der Waals surface area contributed by atoms with Crippen molar-refractivity contribution in [3.05, 3.63) is 89.5 Å². The van der Waals surface area contributed by atoms with E-state index < -0.39 is 18.4 Å². The summed E-state index contributed by atoms with van der Waals surface area (Å²) in [6.45, 7) is 3.99. The van der Waals surface area contributed by atoms with E-state index in [0.29, 0.717) is 67.0 Å². The fraction of sp³-hybridized carbons (Fsp3) is 0.409. The first-order chi connectivity index (χ1) is 28.2. The first-order valence-electron chi connectivity index (χ1n) is 20.0. The number of ether oxygens (including phenoxy) is 3. The highest BCUT2D eigenvalue weighted by Gasteiger charge is 2.25. The maximum Gasteiger partial charge on any atom is 0.297 e. The number of anilines is 2. The topological polar surface area (TPSA) is 132 Å². The molecule has 1 saturated carbocycles. The molecular formula is C44H50F2N8O4. The van der Waals surface area contributed by atoms with Gasteiger partial charge in [0.15, 0.2) is 11.6 Å². The summed E-state index contributed by atoms with van der Waals surface area (Å²) in [5.74, 6) is 0.936. The minimum atomic E-state index is -2.85. The van der Waals surface area contributed by atoms with Gasteiger partial charge < -0.3 is 30.0 Å². The number of aliphatic hydroxyl groups is 1. The maximum absolute atomic E-state index is 14.2. The van der Waals surface area contributed by atoms with Crippen molar-refractivity contribution in [2.24, 2.45) is 0 Å². The smallest absolute Gasteiger partial charge is 0.297 e. The molecule has 1 aliphatic heterocycles. The molecule has 2 atom stereocenters. The number of hydrogen-bond donors (Lipinski definition) is 3. The number of alkyl halides is 2. The molecule has 58 heavy (non-hydrogen) atoms. The van der Waals surface area contributed by atoms with Crippen LogP contribution in [0.5, 0.6) is 11.5 Å². The number of benzene rings is 3. The van der Waals surface area contributed by atoms with Crippen molar-refractivity contribution in [2.45, 2.75) is 83.2 Å². The number of pyridine rings is 1. The van der Waals surface area contributed by atoms with Crippen LogP contribution in [0.2, 0.25) is 0 Å². The van der Waals surface area contributed by atoms with Crippen LogP contribution >= 0.6 is 0 Å². The highest BCUT2D eigenvalue weighted by Crippen LogP contribution is 2.38. The summed E-state index contributed by atoms with van der Waals surface area (Å²) in [7, 11) is 5.36. The second kappa shape index (κ2) is 17.3. The van der Waals surface area contributed by atoms with Crippen molar-refractivity contribution in [3.8, 4) is 28.3 Å². The van der Waals surface area contributed by atoms with Gasteiger partial charge >= 0.3 is 0 Å². The Labute approximate surface area is 336 Å². The fourth-order valence-corrected chi connectivity index (χ4v) is 8.43. The third-order valence-electron chi connectivity index (χ3n) is 11.6. The van der Waals surface area contributed by atoms with Gasteiger partial charge in [0.05, 0.1) is 55.4 Å². The lowest BCUT2D eigenvalue weighted by Crippen LogP contribution is -2.46. The summed E-state index contributed by atoms with van der Waals surface area (Å²) in [5, 5.41) is 22.9. The Morgan fingerprint density at radius 2 is 1.72 bits per heavy atom. The van der Waals surface area contributed by atoms with Crippen molar-refractivity contribution in [3.63, 3.8) is 0 Å². The first-order valence-corrected chi connectivity index (χ1v) is 20.0. The van der Waals surface area contributed by atoms with Crippen molar-refractivity contribution in [1.82, 2.24) is 34.9 Å². The lowest BCUT2D eigenvalue weighted by atomic mass is 9.94. The molecule has 2 aliphatic rings. The Balaban J connectivity index is 1.09. The number of halogens is 2. The molecule has 0 radical (unpaired) electrons. The number of nitrogens with zero attached hydrogens (tertiary/aromatic N) is 6. The standard InChI is InChI=1S/C44H50F2N8O4/c1-26-30(12-8-14-34(26)50-43-41-36(51-44(52-43)42(45)46)18-27(21-48-41)24-53(2)28-10-6-5-7-11-28)31-13-9-15-37-32(31)23-49-54(37)29-19-39(56-3)33(40(20-29)57-4)22-47-35-16-17-58-25-38(35)55/h8-9,12-15,18-21,23,28,35,38,42,47,55H,5-7,10-11,16-17,22,24-25H2,1-4H3,(H,50,51,52). The zero-order valence-corrected chi connectivity index (χ0v) is 33.3. The molecule has 3 aromatic heterocycles. The molecule has 3 N–H and O–H groups in total. The van der Waals surface area contributed by atoms with Crippen LogP contribution in [0.1, 0.15) is 67.5 Å². The molecule has 1 aliphatic carbocycles. The second-order valence-electron chi connectivity index (χ2n) is 15.3. The third kappa shape index (κ3) is 8.06. The van der Waals surface area contributed by atoms with E-state index in [9.17, 15) is 13.9 Å². The monoisotopic (exact) mass is 792 g/mol. The molecule has 6 aromatic rings. The van der Waals surface area contributed by atoms with Crippen LogP contribution in [0.4, 0.5) is 20.3 Å². The Bertz CT molecular complexity index is 2380. The van der Waals surface area contributed by atoms with Crippen molar-refractivity contribution < 1.29 is 28.1 Å². The highest BCUT2D eigenvalue weighted by molar-refractivity contribution is 5.97. The van der Waals surface area contributed by atoms with Crippen LogP contribution in [0.15, 0.2) is 67.0 Å². The van der Waals surface area contributed by atoms with E-state index >= 15 is 0 Å². The SMILES string of the molecule is COc1cc(-n2ncc3c(-c4cccc(Nc5nc(C(F)F)nc6cc(CN(C)C7CCCCC7)cnc56)c4C)cccc32)cc(OC)c1CNC1CCOCC1O. The Morgan fingerprint density at radius 1 is 0.966 bits per heavy atom. The van der Waals surface area contributed by atoms with E-state index in [0.717, 1.165) is 44.4 Å². The summed E-state index contributed by atoms with van der Waals surface area (Å²) in [6, 6.07) is 18.0. The van der Waals surface area contributed by atoms with Crippen molar-refractivity contribution in [2.75, 3.05) is 39.8 Å². The van der Waals surface area contributed by atoms with Gasteiger partial charge in [-0.2, -0.15) is 5.10 Å². The molecule has 304 valence electrons. The zero-order chi connectivity index (χ0) is 40.3. The van der Waals surface area contributed by atoms with Crippen LogP contribution in [0.3, 0.4) is 0 Å². The molecule has 0 bridgehead atoms. The van der Waals surface area contributed by atoms with Gasteiger partial charge in [0.1, 0.15) is 17.0 Å². The molecule has 8 rings (SSSR count). The number of rotatable bonds is 13. The molecular weight excluding hydrogens is 743 g/mol. The Hall–Kier alpha value is -5.28. The summed E-state index contributed by atoms with van der Waals surface area (Å²) in [5.41, 5.74) is 7.68. The molecule has 3 aromatic carbocycles.